The number of carbonyl (C=O) groups is 1. The van der Waals surface area contributed by atoms with Crippen LogP contribution in [0.4, 0.5) is 22.4 Å². The van der Waals surface area contributed by atoms with Crippen molar-refractivity contribution in [1.82, 2.24) is 10.6 Å². The van der Waals surface area contributed by atoms with Gasteiger partial charge in [-0.05, 0) is 35.4 Å². The van der Waals surface area contributed by atoms with E-state index in [-0.39, 0.29) is 24.4 Å². The summed E-state index contributed by atoms with van der Waals surface area (Å²) in [5, 5.41) is 4.86. The first-order valence-electron chi connectivity index (χ1n) is 7.30. The molecule has 4 nitrogen and oxygen atoms in total. The zero-order valence-electron chi connectivity index (χ0n) is 13.3. The van der Waals surface area contributed by atoms with Crippen LogP contribution >= 0.6 is 0 Å². The second-order valence-electron chi connectivity index (χ2n) is 5.18. The van der Waals surface area contributed by atoms with Gasteiger partial charge < -0.3 is 15.4 Å². The molecule has 0 bridgehead atoms. The molecule has 0 atom stereocenters. The molecule has 0 saturated carbocycles. The summed E-state index contributed by atoms with van der Waals surface area (Å²) < 4.78 is 56.8. The van der Waals surface area contributed by atoms with Gasteiger partial charge in [-0.3, -0.25) is 0 Å². The predicted octanol–water partition coefficient (Wildman–Crippen LogP) is 3.85. The topological polar surface area (TPSA) is 50.4 Å². The lowest BCUT2D eigenvalue weighted by Gasteiger charge is -2.15. The molecule has 2 aromatic rings. The Morgan fingerprint density at radius 2 is 1.68 bits per heavy atom. The summed E-state index contributed by atoms with van der Waals surface area (Å²) in [6.07, 6.45) is -4.56. The van der Waals surface area contributed by atoms with Crippen molar-refractivity contribution in [1.29, 1.82) is 0 Å². The minimum Gasteiger partial charge on any atom is -0.497 e. The highest BCUT2D eigenvalue weighted by Crippen LogP contribution is 2.34. The minimum atomic E-state index is -4.56. The van der Waals surface area contributed by atoms with E-state index in [2.05, 4.69) is 10.6 Å². The van der Waals surface area contributed by atoms with Crippen molar-refractivity contribution in [3.05, 3.63) is 65.0 Å². The summed E-state index contributed by atoms with van der Waals surface area (Å²) in [6, 6.07) is 8.40. The van der Waals surface area contributed by atoms with Gasteiger partial charge in [0, 0.05) is 13.1 Å². The lowest BCUT2D eigenvalue weighted by Crippen LogP contribution is -2.35. The van der Waals surface area contributed by atoms with E-state index in [0.29, 0.717) is 5.56 Å². The standard InChI is InChI=1S/C17H16F4N2O2/c1-25-14-7-4-12(15(8-14)17(19,20)21)10-23-16(24)22-9-11-2-5-13(18)6-3-11/h2-8H,9-10H2,1H3,(H2,22,23,24). The van der Waals surface area contributed by atoms with Gasteiger partial charge in [-0.2, -0.15) is 13.2 Å². The van der Waals surface area contributed by atoms with Crippen molar-refractivity contribution < 1.29 is 27.1 Å². The molecule has 0 saturated heterocycles. The molecule has 0 aliphatic rings. The Morgan fingerprint density at radius 3 is 2.28 bits per heavy atom. The van der Waals surface area contributed by atoms with E-state index >= 15 is 0 Å². The number of nitrogens with one attached hydrogen (secondary N) is 2. The molecular weight excluding hydrogens is 340 g/mol. The molecule has 0 aliphatic carbocycles. The van der Waals surface area contributed by atoms with Crippen molar-refractivity contribution in [3.8, 4) is 5.75 Å². The van der Waals surface area contributed by atoms with Crippen LogP contribution in [0.5, 0.6) is 5.75 Å². The van der Waals surface area contributed by atoms with Crippen molar-refractivity contribution in [3.63, 3.8) is 0 Å². The Labute approximate surface area is 141 Å². The van der Waals surface area contributed by atoms with Crippen LogP contribution in [0.15, 0.2) is 42.5 Å². The lowest BCUT2D eigenvalue weighted by atomic mass is 10.1. The molecule has 2 rings (SSSR count). The van der Waals surface area contributed by atoms with Crippen LogP contribution in [-0.2, 0) is 19.3 Å². The smallest absolute Gasteiger partial charge is 0.416 e. The third-order valence-corrected chi connectivity index (χ3v) is 3.43. The summed E-state index contributed by atoms with van der Waals surface area (Å²) >= 11 is 0. The van der Waals surface area contributed by atoms with Gasteiger partial charge >= 0.3 is 12.2 Å². The molecule has 0 fully saturated rings. The van der Waals surface area contributed by atoms with Gasteiger partial charge in [0.1, 0.15) is 11.6 Å². The Balaban J connectivity index is 1.96. The average molecular weight is 356 g/mol. The summed E-state index contributed by atoms with van der Waals surface area (Å²) in [6.45, 7) is -0.172. The van der Waals surface area contributed by atoms with Crippen LogP contribution in [0.1, 0.15) is 16.7 Å². The number of ether oxygens (including phenoxy) is 1. The van der Waals surface area contributed by atoms with E-state index < -0.39 is 23.6 Å². The summed E-state index contributed by atoms with van der Waals surface area (Å²) in [5.74, 6) is -0.316. The van der Waals surface area contributed by atoms with E-state index in [1.54, 1.807) is 0 Å². The van der Waals surface area contributed by atoms with Crippen LogP contribution in [0.3, 0.4) is 0 Å². The van der Waals surface area contributed by atoms with E-state index in [1.165, 1.54) is 43.5 Å². The Bertz CT molecular complexity index is 730. The zero-order valence-corrected chi connectivity index (χ0v) is 13.3. The van der Waals surface area contributed by atoms with Crippen LogP contribution in [0.2, 0.25) is 0 Å². The van der Waals surface area contributed by atoms with Crippen molar-refractivity contribution >= 4 is 6.03 Å². The third-order valence-electron chi connectivity index (χ3n) is 3.43. The fourth-order valence-corrected chi connectivity index (χ4v) is 2.12. The number of rotatable bonds is 5. The van der Waals surface area contributed by atoms with Gasteiger partial charge in [0.25, 0.3) is 0 Å². The Morgan fingerprint density at radius 1 is 1.04 bits per heavy atom. The number of carbonyl (C=O) groups excluding carboxylic acids is 1. The fraction of sp³-hybridized carbons (Fsp3) is 0.235. The second-order valence-corrected chi connectivity index (χ2v) is 5.18. The molecule has 0 aromatic heterocycles. The molecule has 8 heteroatoms. The number of hydrogen-bond donors (Lipinski definition) is 2. The van der Waals surface area contributed by atoms with Gasteiger partial charge in [0.05, 0.1) is 12.7 Å². The number of halogens is 4. The number of amides is 2. The summed E-state index contributed by atoms with van der Waals surface area (Å²) in [5.41, 5.74) is -0.284. The monoisotopic (exact) mass is 356 g/mol. The molecule has 2 N–H and O–H groups in total. The van der Waals surface area contributed by atoms with E-state index in [0.717, 1.165) is 6.07 Å². The molecule has 0 spiro atoms. The van der Waals surface area contributed by atoms with E-state index in [9.17, 15) is 22.4 Å². The highest BCUT2D eigenvalue weighted by Gasteiger charge is 2.33. The van der Waals surface area contributed by atoms with Gasteiger partial charge in [-0.1, -0.05) is 18.2 Å². The number of urea groups is 1. The van der Waals surface area contributed by atoms with Gasteiger partial charge in [-0.15, -0.1) is 0 Å². The summed E-state index contributed by atoms with van der Waals surface area (Å²) in [4.78, 5) is 11.7. The first-order chi connectivity index (χ1) is 11.8. The van der Waals surface area contributed by atoms with Crippen LogP contribution < -0.4 is 15.4 Å². The molecule has 0 aliphatic heterocycles. The predicted molar refractivity (Wildman–Crippen MR) is 83.5 cm³/mol. The normalized spacial score (nSPS) is 11.1. The first kappa shape index (κ1) is 18.6. The highest BCUT2D eigenvalue weighted by atomic mass is 19.4. The maximum absolute atomic E-state index is 13.1. The molecule has 0 heterocycles. The molecule has 2 amide bonds. The molecule has 2 aromatic carbocycles. The first-order valence-corrected chi connectivity index (χ1v) is 7.30. The maximum Gasteiger partial charge on any atom is 0.416 e. The van der Waals surface area contributed by atoms with Crippen molar-refractivity contribution in [2.75, 3.05) is 7.11 Å². The van der Waals surface area contributed by atoms with E-state index in [1.807, 2.05) is 0 Å². The lowest BCUT2D eigenvalue weighted by molar-refractivity contribution is -0.138. The number of methoxy groups -OCH3 is 1. The van der Waals surface area contributed by atoms with Crippen molar-refractivity contribution in [2.45, 2.75) is 19.3 Å². The fourth-order valence-electron chi connectivity index (χ4n) is 2.12. The number of alkyl halides is 3. The molecule has 0 radical (unpaired) electrons. The van der Waals surface area contributed by atoms with Crippen molar-refractivity contribution in [2.24, 2.45) is 0 Å². The minimum absolute atomic E-state index is 0.0785. The largest absolute Gasteiger partial charge is 0.497 e. The second kappa shape index (κ2) is 7.87. The molecule has 134 valence electrons. The Hall–Kier alpha value is -2.77. The SMILES string of the molecule is COc1ccc(CNC(=O)NCc2ccc(F)cc2)c(C(F)(F)F)c1. The summed E-state index contributed by atoms with van der Waals surface area (Å²) in [7, 11) is 1.27. The quantitative estimate of drug-likeness (QED) is 0.800. The Kier molecular flexibility index (Phi) is 5.84. The highest BCUT2D eigenvalue weighted by molar-refractivity contribution is 5.73. The number of benzene rings is 2. The van der Waals surface area contributed by atoms with Gasteiger partial charge in [0.15, 0.2) is 0 Å². The van der Waals surface area contributed by atoms with Gasteiger partial charge in [-0.25, -0.2) is 9.18 Å². The number of hydrogen-bond acceptors (Lipinski definition) is 2. The van der Waals surface area contributed by atoms with Crippen LogP contribution in [-0.4, -0.2) is 13.1 Å². The van der Waals surface area contributed by atoms with Gasteiger partial charge in [0.2, 0.25) is 0 Å². The van der Waals surface area contributed by atoms with E-state index in [4.69, 9.17) is 4.74 Å². The zero-order chi connectivity index (χ0) is 18.4. The molecule has 0 unspecified atom stereocenters. The van der Waals surface area contributed by atoms with Crippen LogP contribution in [0, 0.1) is 5.82 Å². The molecular formula is C17H16F4N2O2. The molecule has 25 heavy (non-hydrogen) atoms. The average Bonchev–Trinajstić information content (AvgIpc) is 2.58. The maximum atomic E-state index is 13.1. The van der Waals surface area contributed by atoms with Crippen LogP contribution in [0.25, 0.3) is 0 Å². The third kappa shape index (κ3) is 5.37.